The van der Waals surface area contributed by atoms with Crippen LogP contribution < -0.4 is 10.1 Å². The molecule has 5 heteroatoms. The maximum absolute atomic E-state index is 10.7. The summed E-state index contributed by atoms with van der Waals surface area (Å²) in [5.41, 5.74) is 1.65. The molecule has 0 radical (unpaired) electrons. The fraction of sp³-hybridized carbons (Fsp3) is 0.200. The minimum Gasteiger partial charge on any atom is -0.494 e. The third kappa shape index (κ3) is 3.71. The number of benzene rings is 1. The molecule has 0 saturated carbocycles. The molecule has 5 nitrogen and oxygen atoms in total. The first-order chi connectivity index (χ1) is 9.69. The maximum Gasteiger partial charge on any atom is 0.354 e. The van der Waals surface area contributed by atoms with E-state index in [-0.39, 0.29) is 5.69 Å². The summed E-state index contributed by atoms with van der Waals surface area (Å²) in [4.78, 5) is 14.5. The van der Waals surface area contributed by atoms with Crippen LogP contribution in [0.4, 0.5) is 11.4 Å². The Morgan fingerprint density at radius 2 is 1.90 bits per heavy atom. The Morgan fingerprint density at radius 1 is 1.20 bits per heavy atom. The standard InChI is InChI=1S/C15H16N2O3/c1-2-9-20-13-6-3-11(4-7-13)17-12-5-8-14(15(18)19)16-10-12/h3-8,10,17H,2,9H2,1H3,(H,18,19). The summed E-state index contributed by atoms with van der Waals surface area (Å²) >= 11 is 0. The first-order valence-electron chi connectivity index (χ1n) is 6.38. The molecular formula is C15H16N2O3. The van der Waals surface area contributed by atoms with Crippen molar-refractivity contribution in [1.82, 2.24) is 4.98 Å². The van der Waals surface area contributed by atoms with Gasteiger partial charge < -0.3 is 15.2 Å². The predicted octanol–water partition coefficient (Wildman–Crippen LogP) is 3.31. The van der Waals surface area contributed by atoms with E-state index in [2.05, 4.69) is 17.2 Å². The molecule has 1 aromatic heterocycles. The van der Waals surface area contributed by atoms with Crippen LogP contribution in [0.5, 0.6) is 5.75 Å². The van der Waals surface area contributed by atoms with Gasteiger partial charge in [-0.3, -0.25) is 0 Å². The molecule has 1 heterocycles. The van der Waals surface area contributed by atoms with Crippen LogP contribution in [0.3, 0.4) is 0 Å². The average Bonchev–Trinajstić information content (AvgIpc) is 2.47. The summed E-state index contributed by atoms with van der Waals surface area (Å²) in [5, 5.41) is 11.9. The lowest BCUT2D eigenvalue weighted by Gasteiger charge is -2.08. The average molecular weight is 272 g/mol. The molecule has 20 heavy (non-hydrogen) atoms. The van der Waals surface area contributed by atoms with Crippen LogP contribution in [0.15, 0.2) is 42.6 Å². The van der Waals surface area contributed by atoms with Crippen LogP contribution in [-0.4, -0.2) is 22.7 Å². The zero-order chi connectivity index (χ0) is 14.4. The zero-order valence-electron chi connectivity index (χ0n) is 11.2. The normalized spacial score (nSPS) is 10.1. The van der Waals surface area contributed by atoms with E-state index in [4.69, 9.17) is 9.84 Å². The van der Waals surface area contributed by atoms with Crippen molar-refractivity contribution in [2.45, 2.75) is 13.3 Å². The Balaban J connectivity index is 2.00. The smallest absolute Gasteiger partial charge is 0.354 e. The molecule has 0 spiro atoms. The predicted molar refractivity (Wildman–Crippen MR) is 76.7 cm³/mol. The zero-order valence-corrected chi connectivity index (χ0v) is 11.2. The number of anilines is 2. The Morgan fingerprint density at radius 3 is 2.45 bits per heavy atom. The van der Waals surface area contributed by atoms with Gasteiger partial charge >= 0.3 is 5.97 Å². The number of rotatable bonds is 6. The molecule has 0 fully saturated rings. The van der Waals surface area contributed by atoms with Gasteiger partial charge in [0.25, 0.3) is 0 Å². The number of aromatic nitrogens is 1. The molecular weight excluding hydrogens is 256 g/mol. The molecule has 2 aromatic rings. The van der Waals surface area contributed by atoms with Crippen molar-refractivity contribution in [2.75, 3.05) is 11.9 Å². The van der Waals surface area contributed by atoms with Crippen molar-refractivity contribution in [3.63, 3.8) is 0 Å². The minimum absolute atomic E-state index is 0.0267. The lowest BCUT2D eigenvalue weighted by molar-refractivity contribution is 0.0690. The third-order valence-electron chi connectivity index (χ3n) is 2.60. The van der Waals surface area contributed by atoms with E-state index < -0.39 is 5.97 Å². The van der Waals surface area contributed by atoms with Gasteiger partial charge in [-0.1, -0.05) is 6.92 Å². The largest absolute Gasteiger partial charge is 0.494 e. The molecule has 0 saturated heterocycles. The van der Waals surface area contributed by atoms with Gasteiger partial charge in [0.2, 0.25) is 0 Å². The summed E-state index contributed by atoms with van der Waals surface area (Å²) < 4.78 is 5.50. The van der Waals surface area contributed by atoms with E-state index in [0.29, 0.717) is 6.61 Å². The highest BCUT2D eigenvalue weighted by Crippen LogP contribution is 2.19. The first kappa shape index (κ1) is 13.9. The van der Waals surface area contributed by atoms with Gasteiger partial charge in [0, 0.05) is 5.69 Å². The molecule has 0 aliphatic rings. The van der Waals surface area contributed by atoms with Gasteiger partial charge in [0.1, 0.15) is 11.4 Å². The Hall–Kier alpha value is -2.56. The van der Waals surface area contributed by atoms with Crippen LogP contribution in [-0.2, 0) is 0 Å². The van der Waals surface area contributed by atoms with Crippen LogP contribution in [0.1, 0.15) is 23.8 Å². The second-order valence-electron chi connectivity index (χ2n) is 4.24. The minimum atomic E-state index is -1.03. The summed E-state index contributed by atoms with van der Waals surface area (Å²) in [6.45, 7) is 2.76. The molecule has 1 aromatic carbocycles. The second kappa shape index (κ2) is 6.56. The molecule has 0 atom stereocenters. The van der Waals surface area contributed by atoms with Gasteiger partial charge in [-0.05, 0) is 42.8 Å². The fourth-order valence-electron chi connectivity index (χ4n) is 1.62. The number of carboxylic acid groups (broad SMARTS) is 1. The molecule has 104 valence electrons. The van der Waals surface area contributed by atoms with Crippen LogP contribution in [0.2, 0.25) is 0 Å². The van der Waals surface area contributed by atoms with Crippen molar-refractivity contribution in [2.24, 2.45) is 0 Å². The molecule has 0 unspecified atom stereocenters. The highest BCUT2D eigenvalue weighted by molar-refractivity contribution is 5.85. The molecule has 0 amide bonds. The van der Waals surface area contributed by atoms with Crippen molar-refractivity contribution in [3.05, 3.63) is 48.3 Å². The highest BCUT2D eigenvalue weighted by atomic mass is 16.5. The molecule has 2 rings (SSSR count). The van der Waals surface area contributed by atoms with E-state index in [0.717, 1.165) is 23.5 Å². The first-order valence-corrected chi connectivity index (χ1v) is 6.38. The van der Waals surface area contributed by atoms with E-state index in [1.807, 2.05) is 24.3 Å². The van der Waals surface area contributed by atoms with E-state index in [9.17, 15) is 4.79 Å². The quantitative estimate of drug-likeness (QED) is 0.844. The monoisotopic (exact) mass is 272 g/mol. The topological polar surface area (TPSA) is 71.5 Å². The number of carboxylic acids is 1. The fourth-order valence-corrected chi connectivity index (χ4v) is 1.62. The SMILES string of the molecule is CCCOc1ccc(Nc2ccc(C(=O)O)nc2)cc1. The number of nitrogens with zero attached hydrogens (tertiary/aromatic N) is 1. The Bertz CT molecular complexity index is 565. The van der Waals surface area contributed by atoms with E-state index in [1.165, 1.54) is 12.3 Å². The van der Waals surface area contributed by atoms with Gasteiger partial charge in [-0.15, -0.1) is 0 Å². The third-order valence-corrected chi connectivity index (χ3v) is 2.60. The van der Waals surface area contributed by atoms with Crippen LogP contribution in [0, 0.1) is 0 Å². The van der Waals surface area contributed by atoms with Crippen molar-refractivity contribution >= 4 is 17.3 Å². The van der Waals surface area contributed by atoms with Crippen molar-refractivity contribution in [1.29, 1.82) is 0 Å². The number of ether oxygens (including phenoxy) is 1. The highest BCUT2D eigenvalue weighted by Gasteiger charge is 2.03. The van der Waals surface area contributed by atoms with E-state index in [1.54, 1.807) is 6.07 Å². The number of carbonyl (C=O) groups is 1. The van der Waals surface area contributed by atoms with Crippen LogP contribution >= 0.6 is 0 Å². The molecule has 2 N–H and O–H groups in total. The summed E-state index contributed by atoms with van der Waals surface area (Å²) in [7, 11) is 0. The van der Waals surface area contributed by atoms with Gasteiger partial charge in [0.05, 0.1) is 18.5 Å². The Labute approximate surface area is 117 Å². The lowest BCUT2D eigenvalue weighted by Crippen LogP contribution is -2.00. The van der Waals surface area contributed by atoms with E-state index >= 15 is 0 Å². The summed E-state index contributed by atoms with van der Waals surface area (Å²) in [6.07, 6.45) is 2.46. The number of nitrogens with one attached hydrogen (secondary N) is 1. The van der Waals surface area contributed by atoms with Gasteiger partial charge in [-0.25, -0.2) is 9.78 Å². The maximum atomic E-state index is 10.7. The summed E-state index contributed by atoms with van der Waals surface area (Å²) in [5.74, 6) is -0.203. The van der Waals surface area contributed by atoms with Crippen molar-refractivity contribution in [3.8, 4) is 5.75 Å². The number of aromatic carboxylic acids is 1. The number of hydrogen-bond acceptors (Lipinski definition) is 4. The van der Waals surface area contributed by atoms with Crippen molar-refractivity contribution < 1.29 is 14.6 Å². The van der Waals surface area contributed by atoms with Crippen LogP contribution in [0.25, 0.3) is 0 Å². The molecule has 0 aliphatic carbocycles. The van der Waals surface area contributed by atoms with Gasteiger partial charge in [0.15, 0.2) is 0 Å². The Kier molecular flexibility index (Phi) is 4.55. The lowest BCUT2D eigenvalue weighted by atomic mass is 10.2. The molecule has 0 bridgehead atoms. The van der Waals surface area contributed by atoms with Gasteiger partial charge in [-0.2, -0.15) is 0 Å². The number of pyridine rings is 1. The summed E-state index contributed by atoms with van der Waals surface area (Å²) in [6, 6.07) is 10.7. The molecule has 0 aliphatic heterocycles. The number of hydrogen-bond donors (Lipinski definition) is 2. The second-order valence-corrected chi connectivity index (χ2v) is 4.24.